The fourth-order valence-electron chi connectivity index (χ4n) is 1.89. The van der Waals surface area contributed by atoms with Gasteiger partial charge in [-0.15, -0.1) is 0 Å². The summed E-state index contributed by atoms with van der Waals surface area (Å²) in [5, 5.41) is 3.40. The van der Waals surface area contributed by atoms with Gasteiger partial charge in [0.05, 0.1) is 15.6 Å². The molecule has 1 N–H and O–H groups in total. The molecule has 0 aliphatic carbocycles. The minimum Gasteiger partial charge on any atom is -0.491 e. The van der Waals surface area contributed by atoms with E-state index in [1.807, 2.05) is 18.2 Å². The first-order valence-corrected chi connectivity index (χ1v) is 7.13. The van der Waals surface area contributed by atoms with Crippen molar-refractivity contribution in [1.29, 1.82) is 0 Å². The van der Waals surface area contributed by atoms with Gasteiger partial charge in [-0.2, -0.15) is 0 Å². The summed E-state index contributed by atoms with van der Waals surface area (Å²) in [6.45, 7) is 3.01. The standard InChI is InChI=1S/C12H15Br2NO/c13-10-4-1-5-11(14)12(10)16-8-9-3-2-6-15-7-9/h1,4-5,9,15H,2-3,6-8H2. The second-order valence-electron chi connectivity index (χ2n) is 4.07. The summed E-state index contributed by atoms with van der Waals surface area (Å²) < 4.78 is 7.88. The van der Waals surface area contributed by atoms with Gasteiger partial charge in [0.2, 0.25) is 0 Å². The van der Waals surface area contributed by atoms with Crippen molar-refractivity contribution in [1.82, 2.24) is 5.32 Å². The van der Waals surface area contributed by atoms with Gasteiger partial charge in [0.25, 0.3) is 0 Å². The van der Waals surface area contributed by atoms with Crippen LogP contribution in [-0.4, -0.2) is 19.7 Å². The molecule has 1 atom stereocenters. The molecular weight excluding hydrogens is 334 g/mol. The first-order valence-electron chi connectivity index (χ1n) is 5.55. The average Bonchev–Trinajstić information content (AvgIpc) is 2.30. The zero-order valence-corrected chi connectivity index (χ0v) is 12.2. The Kier molecular flexibility index (Phi) is 4.67. The number of halogens is 2. The number of nitrogens with one attached hydrogen (secondary N) is 1. The number of hydrogen-bond donors (Lipinski definition) is 1. The highest BCUT2D eigenvalue weighted by Gasteiger charge is 2.15. The molecule has 2 nitrogen and oxygen atoms in total. The molecule has 1 saturated heterocycles. The van der Waals surface area contributed by atoms with Gasteiger partial charge in [-0.1, -0.05) is 6.07 Å². The minimum atomic E-state index is 0.632. The van der Waals surface area contributed by atoms with Gasteiger partial charge in [-0.3, -0.25) is 0 Å². The molecule has 1 heterocycles. The molecule has 1 aromatic rings. The van der Waals surface area contributed by atoms with Crippen LogP contribution in [0.4, 0.5) is 0 Å². The highest BCUT2D eigenvalue weighted by molar-refractivity contribution is 9.11. The average molecular weight is 349 g/mol. The predicted molar refractivity (Wildman–Crippen MR) is 72.9 cm³/mol. The topological polar surface area (TPSA) is 21.3 Å². The summed E-state index contributed by atoms with van der Waals surface area (Å²) in [5.41, 5.74) is 0. The minimum absolute atomic E-state index is 0.632. The predicted octanol–water partition coefficient (Wildman–Crippen LogP) is 3.59. The Morgan fingerprint density at radius 2 is 2.06 bits per heavy atom. The lowest BCUT2D eigenvalue weighted by Crippen LogP contribution is -2.33. The largest absolute Gasteiger partial charge is 0.491 e. The lowest BCUT2D eigenvalue weighted by molar-refractivity contribution is 0.216. The third kappa shape index (κ3) is 3.22. The fraction of sp³-hybridized carbons (Fsp3) is 0.500. The molecule has 1 aromatic carbocycles. The van der Waals surface area contributed by atoms with Gasteiger partial charge in [0.1, 0.15) is 5.75 Å². The van der Waals surface area contributed by atoms with Gasteiger partial charge >= 0.3 is 0 Å². The Morgan fingerprint density at radius 1 is 1.31 bits per heavy atom. The van der Waals surface area contributed by atoms with E-state index in [0.29, 0.717) is 5.92 Å². The number of hydrogen-bond acceptors (Lipinski definition) is 2. The van der Waals surface area contributed by atoms with Gasteiger partial charge in [-0.25, -0.2) is 0 Å². The Hall–Kier alpha value is -0.0600. The van der Waals surface area contributed by atoms with Crippen LogP contribution in [0, 0.1) is 5.92 Å². The van der Waals surface area contributed by atoms with E-state index in [0.717, 1.165) is 34.4 Å². The van der Waals surface area contributed by atoms with Crippen LogP contribution in [0.1, 0.15) is 12.8 Å². The maximum Gasteiger partial charge on any atom is 0.147 e. The van der Waals surface area contributed by atoms with E-state index in [9.17, 15) is 0 Å². The molecule has 88 valence electrons. The number of benzene rings is 1. The van der Waals surface area contributed by atoms with Crippen LogP contribution in [0.3, 0.4) is 0 Å². The summed E-state index contributed by atoms with van der Waals surface area (Å²) in [7, 11) is 0. The number of piperidine rings is 1. The van der Waals surface area contributed by atoms with Crippen LogP contribution in [-0.2, 0) is 0 Å². The van der Waals surface area contributed by atoms with E-state index >= 15 is 0 Å². The molecule has 2 rings (SSSR count). The first-order chi connectivity index (χ1) is 7.77. The maximum absolute atomic E-state index is 5.87. The van der Waals surface area contributed by atoms with Gasteiger partial charge in [-0.05, 0) is 63.4 Å². The zero-order valence-electron chi connectivity index (χ0n) is 9.01. The van der Waals surface area contributed by atoms with Crippen molar-refractivity contribution in [3.8, 4) is 5.75 Å². The number of rotatable bonds is 3. The monoisotopic (exact) mass is 347 g/mol. The second kappa shape index (κ2) is 6.03. The van der Waals surface area contributed by atoms with Crippen molar-refractivity contribution in [2.45, 2.75) is 12.8 Å². The molecule has 1 aliphatic heterocycles. The van der Waals surface area contributed by atoms with E-state index in [1.54, 1.807) is 0 Å². The van der Waals surface area contributed by atoms with Gasteiger partial charge in [0.15, 0.2) is 0 Å². The molecule has 0 radical (unpaired) electrons. The molecule has 4 heteroatoms. The maximum atomic E-state index is 5.87. The summed E-state index contributed by atoms with van der Waals surface area (Å²) in [4.78, 5) is 0. The Labute approximate surface area is 113 Å². The number of para-hydroxylation sites is 1. The van der Waals surface area contributed by atoms with Gasteiger partial charge in [0, 0.05) is 12.5 Å². The van der Waals surface area contributed by atoms with Crippen LogP contribution < -0.4 is 10.1 Å². The second-order valence-corrected chi connectivity index (χ2v) is 5.78. The summed E-state index contributed by atoms with van der Waals surface area (Å²) in [6, 6.07) is 5.99. The molecule has 1 aliphatic rings. The Morgan fingerprint density at radius 3 is 2.69 bits per heavy atom. The molecule has 0 spiro atoms. The quantitative estimate of drug-likeness (QED) is 0.901. The van der Waals surface area contributed by atoms with E-state index in [4.69, 9.17) is 4.74 Å². The van der Waals surface area contributed by atoms with Gasteiger partial charge < -0.3 is 10.1 Å². The smallest absolute Gasteiger partial charge is 0.147 e. The van der Waals surface area contributed by atoms with Crippen LogP contribution >= 0.6 is 31.9 Å². The van der Waals surface area contributed by atoms with Crippen LogP contribution in [0.15, 0.2) is 27.1 Å². The zero-order chi connectivity index (χ0) is 11.4. The SMILES string of the molecule is Brc1cccc(Br)c1OCC1CCCNC1. The van der Waals surface area contributed by atoms with Crippen molar-refractivity contribution in [2.75, 3.05) is 19.7 Å². The fourth-order valence-corrected chi connectivity index (χ4v) is 3.12. The third-order valence-corrected chi connectivity index (χ3v) is 4.03. The van der Waals surface area contributed by atoms with E-state index in [1.165, 1.54) is 12.8 Å². The summed E-state index contributed by atoms with van der Waals surface area (Å²) in [5.74, 6) is 1.54. The van der Waals surface area contributed by atoms with Crippen LogP contribution in [0.5, 0.6) is 5.75 Å². The van der Waals surface area contributed by atoms with Crippen molar-refractivity contribution in [2.24, 2.45) is 5.92 Å². The number of ether oxygens (including phenoxy) is 1. The third-order valence-electron chi connectivity index (χ3n) is 2.78. The molecule has 1 unspecified atom stereocenters. The molecule has 0 saturated carbocycles. The van der Waals surface area contributed by atoms with Crippen LogP contribution in [0.2, 0.25) is 0 Å². The van der Waals surface area contributed by atoms with E-state index in [-0.39, 0.29) is 0 Å². The van der Waals surface area contributed by atoms with E-state index < -0.39 is 0 Å². The lowest BCUT2D eigenvalue weighted by atomic mass is 10.0. The summed E-state index contributed by atoms with van der Waals surface area (Å²) >= 11 is 7.00. The lowest BCUT2D eigenvalue weighted by Gasteiger charge is -2.23. The first kappa shape index (κ1) is 12.4. The van der Waals surface area contributed by atoms with Crippen LogP contribution in [0.25, 0.3) is 0 Å². The highest BCUT2D eigenvalue weighted by Crippen LogP contribution is 2.33. The van der Waals surface area contributed by atoms with Crippen molar-refractivity contribution < 1.29 is 4.74 Å². The Balaban J connectivity index is 1.93. The molecule has 16 heavy (non-hydrogen) atoms. The molecule has 0 bridgehead atoms. The molecule has 1 fully saturated rings. The van der Waals surface area contributed by atoms with Crippen molar-refractivity contribution >= 4 is 31.9 Å². The summed E-state index contributed by atoms with van der Waals surface area (Å²) in [6.07, 6.45) is 2.51. The molecule has 0 amide bonds. The molecular formula is C12H15Br2NO. The van der Waals surface area contributed by atoms with Crippen molar-refractivity contribution in [3.63, 3.8) is 0 Å². The Bertz CT molecular complexity index is 331. The van der Waals surface area contributed by atoms with Crippen molar-refractivity contribution in [3.05, 3.63) is 27.1 Å². The molecule has 0 aromatic heterocycles. The normalized spacial score (nSPS) is 20.8. The highest BCUT2D eigenvalue weighted by atomic mass is 79.9. The van der Waals surface area contributed by atoms with E-state index in [2.05, 4.69) is 37.2 Å².